The smallest absolute Gasteiger partial charge is 0.185 e. The van der Waals surface area contributed by atoms with Crippen molar-refractivity contribution in [1.29, 1.82) is 0 Å². The minimum absolute atomic E-state index is 0.0310. The summed E-state index contributed by atoms with van der Waals surface area (Å²) in [4.78, 5) is 4.97. The van der Waals surface area contributed by atoms with Crippen molar-refractivity contribution in [2.75, 3.05) is 24.6 Å². The van der Waals surface area contributed by atoms with Gasteiger partial charge in [-0.25, -0.2) is 0 Å². The quantitative estimate of drug-likeness (QED) is 0.101. The number of aromatic hydroxyl groups is 2. The van der Waals surface area contributed by atoms with Crippen LogP contribution in [0.1, 0.15) is 96.1 Å². The lowest BCUT2D eigenvalue weighted by Gasteiger charge is -2.41. The summed E-state index contributed by atoms with van der Waals surface area (Å²) in [5, 5.41) is 21.0. The fourth-order valence-corrected chi connectivity index (χ4v) is 6.22. The number of likely N-dealkylation sites (tertiary alicyclic amines) is 1. The van der Waals surface area contributed by atoms with Crippen LogP contribution in [0.25, 0.3) is 11.1 Å². The fourth-order valence-electron chi connectivity index (χ4n) is 6.22. The zero-order valence-corrected chi connectivity index (χ0v) is 27.7. The van der Waals surface area contributed by atoms with Crippen LogP contribution >= 0.6 is 0 Å². The Bertz CT molecular complexity index is 1410. The van der Waals surface area contributed by atoms with E-state index in [-0.39, 0.29) is 17.6 Å². The first kappa shape index (κ1) is 32.6. The van der Waals surface area contributed by atoms with Crippen LogP contribution in [0.4, 0.5) is 5.69 Å². The van der Waals surface area contributed by atoms with Gasteiger partial charge in [-0.1, -0.05) is 44.9 Å². The molecule has 2 N–H and O–H groups in total. The van der Waals surface area contributed by atoms with Crippen LogP contribution in [0.2, 0.25) is 0 Å². The Morgan fingerprint density at radius 2 is 1.69 bits per heavy atom. The first-order valence-corrected chi connectivity index (χ1v) is 17.1. The average Bonchev–Trinajstić information content (AvgIpc) is 3.89. The van der Waals surface area contributed by atoms with Crippen molar-refractivity contribution in [2.45, 2.75) is 104 Å². The molecule has 3 aromatic carbocycles. The lowest BCUT2D eigenvalue weighted by Crippen LogP contribution is -2.45. The second-order valence-corrected chi connectivity index (χ2v) is 12.9. The highest BCUT2D eigenvalue weighted by atomic mass is 16.5. The number of rotatable bonds is 15. The lowest BCUT2D eigenvalue weighted by atomic mass is 9.97. The van der Waals surface area contributed by atoms with Crippen molar-refractivity contribution < 1.29 is 19.7 Å². The third kappa shape index (κ3) is 8.68. The number of nitrogens with zero attached hydrogens (tertiary/aromatic N) is 2. The second kappa shape index (κ2) is 15.5. The molecule has 45 heavy (non-hydrogen) atoms. The van der Waals surface area contributed by atoms with Gasteiger partial charge in [0.15, 0.2) is 17.4 Å². The Morgan fingerprint density at radius 1 is 0.933 bits per heavy atom. The van der Waals surface area contributed by atoms with Crippen LogP contribution in [0, 0.1) is 0 Å². The van der Waals surface area contributed by atoms with E-state index in [1.165, 1.54) is 11.3 Å². The van der Waals surface area contributed by atoms with Crippen molar-refractivity contribution in [1.82, 2.24) is 4.90 Å². The van der Waals surface area contributed by atoms with Crippen molar-refractivity contribution >= 4 is 5.69 Å². The van der Waals surface area contributed by atoms with E-state index >= 15 is 0 Å². The maximum Gasteiger partial charge on any atom is 0.185 e. The molecule has 1 aliphatic carbocycles. The molecule has 2 aliphatic rings. The van der Waals surface area contributed by atoms with Gasteiger partial charge in [0.25, 0.3) is 0 Å². The molecule has 0 spiro atoms. The van der Waals surface area contributed by atoms with E-state index < -0.39 is 0 Å². The van der Waals surface area contributed by atoms with Gasteiger partial charge in [-0.05, 0) is 124 Å². The summed E-state index contributed by atoms with van der Waals surface area (Å²) >= 11 is 0. The van der Waals surface area contributed by atoms with Crippen LogP contribution in [-0.2, 0) is 11.3 Å². The minimum Gasteiger partial charge on any atom is -0.504 e. The molecule has 6 heteroatoms. The summed E-state index contributed by atoms with van der Waals surface area (Å²) in [5.74, 6) is 2.28. The molecule has 0 aromatic heterocycles. The average molecular weight is 613 g/mol. The molecule has 1 saturated carbocycles. The summed E-state index contributed by atoms with van der Waals surface area (Å²) in [6, 6.07) is 21.3. The van der Waals surface area contributed by atoms with Gasteiger partial charge >= 0.3 is 0 Å². The second-order valence-electron chi connectivity index (χ2n) is 12.9. The highest BCUT2D eigenvalue weighted by Gasteiger charge is 2.29. The van der Waals surface area contributed by atoms with E-state index in [0.29, 0.717) is 12.0 Å². The molecular weight excluding hydrogens is 560 g/mol. The molecule has 6 nitrogen and oxygen atoms in total. The highest BCUT2D eigenvalue weighted by molar-refractivity contribution is 5.70. The van der Waals surface area contributed by atoms with Crippen LogP contribution in [-0.4, -0.2) is 47.0 Å². The summed E-state index contributed by atoms with van der Waals surface area (Å²) in [5.41, 5.74) is 5.26. The molecule has 1 heterocycles. The van der Waals surface area contributed by atoms with Gasteiger partial charge in [0.1, 0.15) is 5.75 Å². The van der Waals surface area contributed by atoms with E-state index in [4.69, 9.17) is 9.47 Å². The molecule has 1 saturated heterocycles. The molecule has 0 unspecified atom stereocenters. The molecule has 0 atom stereocenters. The van der Waals surface area contributed by atoms with Gasteiger partial charge in [0, 0.05) is 36.9 Å². The van der Waals surface area contributed by atoms with E-state index in [1.54, 1.807) is 6.07 Å². The maximum absolute atomic E-state index is 10.5. The molecule has 0 bridgehead atoms. The molecule has 0 radical (unpaired) electrons. The molecular formula is C39H52N2O4. The summed E-state index contributed by atoms with van der Waals surface area (Å²) in [7, 11) is 0. The van der Waals surface area contributed by atoms with Gasteiger partial charge in [-0.15, -0.1) is 0 Å². The summed E-state index contributed by atoms with van der Waals surface area (Å²) in [6.45, 7) is 12.0. The predicted octanol–water partition coefficient (Wildman–Crippen LogP) is 9.36. The molecule has 1 aliphatic heterocycles. The number of unbranched alkanes of at least 4 members (excludes halogenated alkanes) is 2. The Balaban J connectivity index is 1.38. The van der Waals surface area contributed by atoms with Gasteiger partial charge in [0.05, 0.1) is 12.7 Å². The summed E-state index contributed by atoms with van der Waals surface area (Å²) in [6.07, 6.45) is 10.9. The maximum atomic E-state index is 10.5. The molecule has 242 valence electrons. The number of benzene rings is 3. The monoisotopic (exact) mass is 612 g/mol. The first-order chi connectivity index (χ1) is 21.9. The number of ether oxygens (including phenoxy) is 2. The van der Waals surface area contributed by atoms with Crippen molar-refractivity contribution in [3.8, 4) is 28.4 Å². The van der Waals surface area contributed by atoms with Crippen molar-refractivity contribution in [3.05, 3.63) is 83.7 Å². The Kier molecular flexibility index (Phi) is 11.2. The van der Waals surface area contributed by atoms with Crippen LogP contribution < -0.4 is 9.64 Å². The van der Waals surface area contributed by atoms with Crippen LogP contribution in [0.15, 0.2) is 72.6 Å². The number of hydrogen-bond donors (Lipinski definition) is 2. The van der Waals surface area contributed by atoms with Crippen molar-refractivity contribution in [2.24, 2.45) is 0 Å². The largest absolute Gasteiger partial charge is 0.504 e. The first-order valence-electron chi connectivity index (χ1n) is 17.1. The SMILES string of the molecule is CCCC=C(OC(C)C)N1CCC(N(Cc2cccc(-c3cc(O)c(O)c(C4CC4)c3)c2)c2ccc(OCCCC)cc2)CC1. The predicted molar refractivity (Wildman–Crippen MR) is 184 cm³/mol. The van der Waals surface area contributed by atoms with Crippen LogP contribution in [0.3, 0.4) is 0 Å². The van der Waals surface area contributed by atoms with Crippen LogP contribution in [0.5, 0.6) is 17.2 Å². The van der Waals surface area contributed by atoms with Gasteiger partial charge in [-0.3, -0.25) is 0 Å². The van der Waals surface area contributed by atoms with E-state index in [0.717, 1.165) is 106 Å². The van der Waals surface area contributed by atoms with E-state index in [2.05, 4.69) is 98.2 Å². The van der Waals surface area contributed by atoms with Gasteiger partial charge in [0.2, 0.25) is 0 Å². The lowest BCUT2D eigenvalue weighted by molar-refractivity contribution is 0.0577. The normalized spacial score (nSPS) is 15.8. The molecule has 0 amide bonds. The Labute approximate surface area is 270 Å². The standard InChI is InChI=1S/C39H52N2O4/c1-5-7-12-38(45-28(3)4)40-21-19-34(20-22-40)41(33-15-17-35(18-16-33)44-23-8-6-2)27-29-10-9-11-31(24-29)32-25-36(30-13-14-30)39(43)37(42)26-32/h9-12,15-18,24-26,28,30,34,42-43H,5-8,13-14,19-23,27H2,1-4H3. The molecule has 2 fully saturated rings. The Morgan fingerprint density at radius 3 is 2.36 bits per heavy atom. The van der Waals surface area contributed by atoms with Crippen molar-refractivity contribution in [3.63, 3.8) is 0 Å². The number of phenols is 2. The third-order valence-corrected chi connectivity index (χ3v) is 8.87. The van der Waals surface area contributed by atoms with E-state index in [1.807, 2.05) is 0 Å². The summed E-state index contributed by atoms with van der Waals surface area (Å²) < 4.78 is 12.2. The van der Waals surface area contributed by atoms with Gasteiger partial charge in [-0.2, -0.15) is 0 Å². The number of phenolic OH excluding ortho intramolecular Hbond substituents is 2. The Hall–Kier alpha value is -3.80. The highest BCUT2D eigenvalue weighted by Crippen LogP contribution is 2.48. The number of hydrogen-bond acceptors (Lipinski definition) is 6. The van der Waals surface area contributed by atoms with Gasteiger partial charge < -0.3 is 29.5 Å². The zero-order chi connectivity index (χ0) is 31.8. The fraction of sp³-hybridized carbons (Fsp3) is 0.487. The number of allylic oxidation sites excluding steroid dienone is 1. The minimum atomic E-state index is -0.0387. The molecule has 3 aromatic rings. The molecule has 5 rings (SSSR count). The zero-order valence-electron chi connectivity index (χ0n) is 27.7. The third-order valence-electron chi connectivity index (χ3n) is 8.87. The number of anilines is 1. The topological polar surface area (TPSA) is 65.4 Å². The van der Waals surface area contributed by atoms with E-state index in [9.17, 15) is 10.2 Å². The number of piperidine rings is 1.